The first-order valence-corrected chi connectivity index (χ1v) is 10.1. The lowest BCUT2D eigenvalue weighted by Crippen LogP contribution is -2.70. The summed E-state index contributed by atoms with van der Waals surface area (Å²) in [6.07, 6.45) is 0.962. The predicted octanol–water partition coefficient (Wildman–Crippen LogP) is -1.03. The minimum absolute atomic E-state index is 0.162. The summed E-state index contributed by atoms with van der Waals surface area (Å²) in [5, 5.41) is 23.9. The van der Waals surface area contributed by atoms with E-state index in [-0.39, 0.29) is 12.1 Å². The molecule has 0 aliphatic carbocycles. The molecule has 0 radical (unpaired) electrons. The Kier molecular flexibility index (Phi) is 7.08. The third kappa shape index (κ3) is 4.87. The number of rotatable bonds is 8. The van der Waals surface area contributed by atoms with Crippen LogP contribution in [0.1, 0.15) is 6.42 Å². The van der Waals surface area contributed by atoms with Crippen molar-refractivity contribution in [2.45, 2.75) is 17.8 Å². The summed E-state index contributed by atoms with van der Waals surface area (Å²) in [6, 6.07) is 0.874. The van der Waals surface area contributed by atoms with Gasteiger partial charge in [-0.3, -0.25) is 19.4 Å². The molecule has 0 aromatic rings. The Morgan fingerprint density at radius 3 is 2.90 bits per heavy atom. The molecule has 156 valence electrons. The van der Waals surface area contributed by atoms with Crippen LogP contribution in [-0.4, -0.2) is 95.5 Å². The number of hydrogen-bond donors (Lipinski definition) is 2. The molecule has 3 aliphatic heterocycles. The van der Waals surface area contributed by atoms with Crippen LogP contribution in [0.2, 0.25) is 0 Å². The Morgan fingerprint density at radius 1 is 1.45 bits per heavy atom. The number of nitrogens with one attached hydrogen (secondary N) is 1. The van der Waals surface area contributed by atoms with Crippen molar-refractivity contribution in [3.8, 4) is 6.07 Å². The number of nitriles is 1. The lowest BCUT2D eigenvalue weighted by molar-refractivity contribution is -0.150. The molecule has 0 unspecified atom stereocenters. The molecule has 3 heterocycles. The fraction of sp³-hybridized carbons (Fsp3) is 0.588. The van der Waals surface area contributed by atoms with Gasteiger partial charge in [0.1, 0.15) is 30.1 Å². The number of carboxylic acid groups (broad SMARTS) is 1. The van der Waals surface area contributed by atoms with E-state index in [2.05, 4.69) is 15.4 Å². The molecule has 2 N–H and O–H groups in total. The van der Waals surface area contributed by atoms with Crippen LogP contribution >= 0.6 is 11.8 Å². The van der Waals surface area contributed by atoms with Gasteiger partial charge in [-0.25, -0.2) is 4.79 Å². The predicted molar refractivity (Wildman–Crippen MR) is 102 cm³/mol. The van der Waals surface area contributed by atoms with Crippen LogP contribution in [0.5, 0.6) is 0 Å². The fourth-order valence-corrected chi connectivity index (χ4v) is 4.48. The summed E-state index contributed by atoms with van der Waals surface area (Å²) in [5.41, 5.74) is 0.199. The Labute approximate surface area is 171 Å². The van der Waals surface area contributed by atoms with E-state index in [9.17, 15) is 19.5 Å². The Hall–Kier alpha value is -2.62. The van der Waals surface area contributed by atoms with Crippen molar-refractivity contribution in [1.29, 1.82) is 5.26 Å². The maximum absolute atomic E-state index is 12.4. The molecule has 2 atom stereocenters. The van der Waals surface area contributed by atoms with Gasteiger partial charge >= 0.3 is 5.97 Å². The summed E-state index contributed by atoms with van der Waals surface area (Å²) < 4.78 is 5.27. The first-order valence-electron chi connectivity index (χ1n) is 9.05. The number of β-lactam (4-membered cyclic amide) rings is 1. The van der Waals surface area contributed by atoms with E-state index in [1.54, 1.807) is 6.07 Å². The molecule has 2 fully saturated rings. The molecular formula is C17H21N5O6S. The normalized spacial score (nSPS) is 24.7. The Morgan fingerprint density at radius 2 is 2.21 bits per heavy atom. The average molecular weight is 423 g/mol. The van der Waals surface area contributed by atoms with Gasteiger partial charge in [0.2, 0.25) is 5.91 Å². The highest BCUT2D eigenvalue weighted by atomic mass is 32.2. The van der Waals surface area contributed by atoms with Gasteiger partial charge in [0, 0.05) is 31.0 Å². The largest absolute Gasteiger partial charge is 0.477 e. The molecule has 0 saturated carbocycles. The standard InChI is InChI=1S/C17H21N5O6S/c18-2-1-12(23)20-13-15(24)22-14(17(25)26)11(10-29-16(13)22)9-19-28-8-5-21-3-6-27-7-4-21/h9,13,16H,1,3-8,10H2,(H,20,23)(H,25,26)/b19-9+/t13-,16-/m1/s1. The number of morpholine rings is 1. The summed E-state index contributed by atoms with van der Waals surface area (Å²) in [7, 11) is 0. The van der Waals surface area contributed by atoms with Gasteiger partial charge in [-0.1, -0.05) is 5.16 Å². The third-order valence-electron chi connectivity index (χ3n) is 4.64. The minimum atomic E-state index is -1.25. The maximum Gasteiger partial charge on any atom is 0.353 e. The molecule has 3 aliphatic rings. The second kappa shape index (κ2) is 9.73. The SMILES string of the molecule is N#CCC(=O)N[C@@H]1C(=O)N2C(C(=O)O)=C(/C=N/OCCN3CCOCC3)CS[C@H]12. The number of carboxylic acids is 1. The topological polar surface area (TPSA) is 145 Å². The number of carbonyl (C=O) groups excluding carboxylic acids is 2. The van der Waals surface area contributed by atoms with Crippen molar-refractivity contribution in [2.75, 3.05) is 45.2 Å². The van der Waals surface area contributed by atoms with E-state index in [0.717, 1.165) is 18.0 Å². The molecular weight excluding hydrogens is 402 g/mol. The van der Waals surface area contributed by atoms with Gasteiger partial charge in [0.15, 0.2) is 0 Å². The maximum atomic E-state index is 12.4. The van der Waals surface area contributed by atoms with E-state index in [0.29, 0.717) is 37.7 Å². The van der Waals surface area contributed by atoms with Crippen molar-refractivity contribution in [3.63, 3.8) is 0 Å². The Bertz CT molecular complexity index is 773. The quantitative estimate of drug-likeness (QED) is 0.217. The zero-order valence-corrected chi connectivity index (χ0v) is 16.4. The van der Waals surface area contributed by atoms with E-state index < -0.39 is 29.2 Å². The van der Waals surface area contributed by atoms with Crippen molar-refractivity contribution in [1.82, 2.24) is 15.1 Å². The lowest BCUT2D eigenvalue weighted by atomic mass is 10.0. The number of aliphatic carboxylic acids is 1. The smallest absolute Gasteiger partial charge is 0.353 e. The van der Waals surface area contributed by atoms with Gasteiger partial charge in [-0.05, 0) is 0 Å². The zero-order valence-electron chi connectivity index (χ0n) is 15.6. The number of oxime groups is 1. The summed E-state index contributed by atoms with van der Waals surface area (Å²) >= 11 is 1.32. The summed E-state index contributed by atoms with van der Waals surface area (Å²) in [4.78, 5) is 44.2. The molecule has 11 nitrogen and oxygen atoms in total. The number of thioether (sulfide) groups is 1. The fourth-order valence-electron chi connectivity index (χ4n) is 3.19. The number of amides is 2. The van der Waals surface area contributed by atoms with E-state index >= 15 is 0 Å². The molecule has 2 saturated heterocycles. The van der Waals surface area contributed by atoms with Crippen LogP contribution in [-0.2, 0) is 24.0 Å². The van der Waals surface area contributed by atoms with Gasteiger partial charge in [0.25, 0.3) is 5.91 Å². The molecule has 29 heavy (non-hydrogen) atoms. The number of fused-ring (bicyclic) bond motifs is 1. The highest BCUT2D eigenvalue weighted by Crippen LogP contribution is 2.39. The van der Waals surface area contributed by atoms with Gasteiger partial charge in [0.05, 0.1) is 25.5 Å². The molecule has 3 rings (SSSR count). The summed E-state index contributed by atoms with van der Waals surface area (Å²) in [6.45, 7) is 4.11. The van der Waals surface area contributed by atoms with Crippen LogP contribution in [0.15, 0.2) is 16.4 Å². The molecule has 0 aromatic heterocycles. The minimum Gasteiger partial charge on any atom is -0.477 e. The van der Waals surface area contributed by atoms with Crippen LogP contribution in [0.25, 0.3) is 0 Å². The van der Waals surface area contributed by atoms with E-state index in [4.69, 9.17) is 14.8 Å². The first kappa shape index (κ1) is 21.1. The van der Waals surface area contributed by atoms with Gasteiger partial charge < -0.3 is 20.0 Å². The Balaban J connectivity index is 1.58. The average Bonchev–Trinajstić information content (AvgIpc) is 2.72. The number of hydrogen-bond acceptors (Lipinski definition) is 9. The van der Waals surface area contributed by atoms with E-state index in [1.807, 2.05) is 0 Å². The lowest BCUT2D eigenvalue weighted by Gasteiger charge is -2.49. The van der Waals surface area contributed by atoms with Crippen molar-refractivity contribution >= 4 is 35.8 Å². The second-order valence-electron chi connectivity index (χ2n) is 6.49. The van der Waals surface area contributed by atoms with Gasteiger partial charge in [-0.2, -0.15) is 5.26 Å². The highest BCUT2D eigenvalue weighted by Gasteiger charge is 2.54. The molecule has 2 amide bonds. The van der Waals surface area contributed by atoms with Crippen molar-refractivity contribution in [2.24, 2.45) is 5.16 Å². The molecule has 0 bridgehead atoms. The van der Waals surface area contributed by atoms with Crippen molar-refractivity contribution in [3.05, 3.63) is 11.3 Å². The molecule has 0 aromatic carbocycles. The molecule has 0 spiro atoms. The second-order valence-corrected chi connectivity index (χ2v) is 7.60. The molecule has 12 heteroatoms. The van der Waals surface area contributed by atoms with Crippen molar-refractivity contribution < 1.29 is 29.1 Å². The van der Waals surface area contributed by atoms with E-state index in [1.165, 1.54) is 18.0 Å². The monoisotopic (exact) mass is 423 g/mol. The first-order chi connectivity index (χ1) is 14.0. The highest BCUT2D eigenvalue weighted by molar-refractivity contribution is 8.00. The number of carbonyl (C=O) groups is 3. The summed E-state index contributed by atoms with van der Waals surface area (Å²) in [5.74, 6) is -2.03. The number of nitrogens with zero attached hydrogens (tertiary/aromatic N) is 4. The zero-order chi connectivity index (χ0) is 20.8. The van der Waals surface area contributed by atoms with Crippen LogP contribution in [0, 0.1) is 11.3 Å². The van der Waals surface area contributed by atoms with Crippen LogP contribution in [0.3, 0.4) is 0 Å². The number of ether oxygens (including phenoxy) is 1. The third-order valence-corrected chi connectivity index (χ3v) is 5.94. The van der Waals surface area contributed by atoms with Crippen LogP contribution in [0.4, 0.5) is 0 Å². The van der Waals surface area contributed by atoms with Crippen LogP contribution < -0.4 is 5.32 Å². The van der Waals surface area contributed by atoms with Gasteiger partial charge in [-0.15, -0.1) is 11.8 Å².